The molecule has 28 heavy (non-hydrogen) atoms. The van der Waals surface area contributed by atoms with Crippen molar-refractivity contribution in [2.45, 2.75) is 19.3 Å². The van der Waals surface area contributed by atoms with E-state index in [1.54, 1.807) is 35.2 Å². The zero-order valence-corrected chi connectivity index (χ0v) is 15.8. The van der Waals surface area contributed by atoms with E-state index < -0.39 is 0 Å². The van der Waals surface area contributed by atoms with Crippen LogP contribution in [-0.4, -0.2) is 47.2 Å². The van der Waals surface area contributed by atoms with Crippen LogP contribution in [0.15, 0.2) is 67.3 Å². The number of nitrogens with zero attached hydrogens (tertiary/aromatic N) is 2. The molecule has 5 heteroatoms. The number of fused-ring (bicyclic) bond motifs is 1. The van der Waals surface area contributed by atoms with Crippen LogP contribution < -0.4 is 0 Å². The summed E-state index contributed by atoms with van der Waals surface area (Å²) in [4.78, 5) is 40.4. The first-order valence-electron chi connectivity index (χ1n) is 9.49. The summed E-state index contributed by atoms with van der Waals surface area (Å²) >= 11 is 0. The van der Waals surface area contributed by atoms with Gasteiger partial charge in [-0.3, -0.25) is 19.3 Å². The smallest absolute Gasteiger partial charge is 0.261 e. The van der Waals surface area contributed by atoms with Gasteiger partial charge in [0.05, 0.1) is 11.1 Å². The Balaban J connectivity index is 1.51. The van der Waals surface area contributed by atoms with Crippen LogP contribution in [-0.2, 0) is 11.2 Å². The number of hydrogen-bond donors (Lipinski definition) is 0. The molecular weight excluding hydrogens is 352 g/mol. The van der Waals surface area contributed by atoms with Gasteiger partial charge in [-0.15, -0.1) is 6.58 Å². The van der Waals surface area contributed by atoms with E-state index in [9.17, 15) is 14.4 Å². The molecule has 5 nitrogen and oxygen atoms in total. The average molecular weight is 376 g/mol. The van der Waals surface area contributed by atoms with E-state index >= 15 is 0 Å². The molecule has 0 saturated heterocycles. The van der Waals surface area contributed by atoms with Crippen molar-refractivity contribution >= 4 is 17.7 Å². The van der Waals surface area contributed by atoms with Gasteiger partial charge in [0.2, 0.25) is 5.91 Å². The average Bonchev–Trinajstić information content (AvgIpc) is 2.97. The molecule has 1 heterocycles. The molecule has 0 saturated carbocycles. The molecule has 0 bridgehead atoms. The fourth-order valence-electron chi connectivity index (χ4n) is 3.37. The Kier molecular flexibility index (Phi) is 6.37. The first-order valence-corrected chi connectivity index (χ1v) is 9.49. The second-order valence-electron chi connectivity index (χ2n) is 6.78. The van der Waals surface area contributed by atoms with Crippen LogP contribution in [0.4, 0.5) is 0 Å². The highest BCUT2D eigenvalue weighted by atomic mass is 16.2. The topological polar surface area (TPSA) is 57.7 Å². The van der Waals surface area contributed by atoms with E-state index in [-0.39, 0.29) is 30.7 Å². The Hall–Kier alpha value is -3.21. The minimum Gasteiger partial charge on any atom is -0.339 e. The predicted molar refractivity (Wildman–Crippen MR) is 108 cm³/mol. The van der Waals surface area contributed by atoms with Gasteiger partial charge in [0.25, 0.3) is 11.8 Å². The molecular formula is C23H24N2O3. The van der Waals surface area contributed by atoms with Crippen molar-refractivity contribution in [2.24, 2.45) is 0 Å². The molecule has 2 aromatic rings. The van der Waals surface area contributed by atoms with Gasteiger partial charge in [-0.05, 0) is 30.5 Å². The van der Waals surface area contributed by atoms with Gasteiger partial charge in [0.1, 0.15) is 0 Å². The van der Waals surface area contributed by atoms with E-state index in [1.165, 1.54) is 10.5 Å². The van der Waals surface area contributed by atoms with Crippen molar-refractivity contribution in [1.29, 1.82) is 0 Å². The molecule has 3 amide bonds. The van der Waals surface area contributed by atoms with Crippen LogP contribution in [0.1, 0.15) is 39.1 Å². The monoisotopic (exact) mass is 376 g/mol. The Morgan fingerprint density at radius 3 is 2.18 bits per heavy atom. The van der Waals surface area contributed by atoms with Crippen molar-refractivity contribution in [3.63, 3.8) is 0 Å². The molecule has 0 fully saturated rings. The summed E-state index contributed by atoms with van der Waals surface area (Å²) in [6.07, 6.45) is 3.23. The van der Waals surface area contributed by atoms with Crippen molar-refractivity contribution in [3.8, 4) is 0 Å². The van der Waals surface area contributed by atoms with Crippen molar-refractivity contribution in [1.82, 2.24) is 9.80 Å². The quantitative estimate of drug-likeness (QED) is 0.498. The third kappa shape index (κ3) is 4.36. The molecule has 2 aromatic carbocycles. The minimum absolute atomic E-state index is 0.00689. The molecule has 0 N–H and O–H groups in total. The summed E-state index contributed by atoms with van der Waals surface area (Å²) < 4.78 is 0. The summed E-state index contributed by atoms with van der Waals surface area (Å²) in [6.45, 7) is 5.08. The molecule has 1 aliphatic rings. The number of imide groups is 1. The van der Waals surface area contributed by atoms with Gasteiger partial charge in [-0.2, -0.15) is 0 Å². The van der Waals surface area contributed by atoms with Gasteiger partial charge in [-0.25, -0.2) is 0 Å². The van der Waals surface area contributed by atoms with E-state index in [0.29, 0.717) is 30.6 Å². The van der Waals surface area contributed by atoms with Gasteiger partial charge in [0, 0.05) is 26.1 Å². The Labute approximate surface area is 165 Å². The number of rotatable bonds is 9. The van der Waals surface area contributed by atoms with Gasteiger partial charge in [0.15, 0.2) is 0 Å². The van der Waals surface area contributed by atoms with E-state index in [1.807, 2.05) is 30.3 Å². The van der Waals surface area contributed by atoms with Crippen molar-refractivity contribution in [3.05, 3.63) is 83.9 Å². The first kappa shape index (κ1) is 19.5. The maximum atomic E-state index is 12.6. The van der Waals surface area contributed by atoms with Gasteiger partial charge in [-0.1, -0.05) is 48.5 Å². The molecule has 3 rings (SSSR count). The second-order valence-corrected chi connectivity index (χ2v) is 6.78. The number of carbonyl (C=O) groups excluding carboxylic acids is 3. The number of hydrogen-bond acceptors (Lipinski definition) is 3. The van der Waals surface area contributed by atoms with Crippen LogP contribution in [0.2, 0.25) is 0 Å². The fraction of sp³-hybridized carbons (Fsp3) is 0.261. The zero-order chi connectivity index (χ0) is 19.9. The Bertz CT molecular complexity index is 841. The summed E-state index contributed by atoms with van der Waals surface area (Å²) in [5.41, 5.74) is 2.06. The molecule has 0 unspecified atom stereocenters. The number of amides is 3. The zero-order valence-electron chi connectivity index (χ0n) is 15.8. The number of benzene rings is 2. The van der Waals surface area contributed by atoms with Crippen LogP contribution >= 0.6 is 0 Å². The highest BCUT2D eigenvalue weighted by Gasteiger charge is 2.34. The standard InChI is InChI=1S/C23H24N2O3/c1-2-15-24(17-14-18-9-4-3-5-10-18)21(26)13-8-16-25-22(27)19-11-6-7-12-20(19)23(25)28/h2-7,9-12H,1,8,13-17H2. The largest absolute Gasteiger partial charge is 0.339 e. The Morgan fingerprint density at radius 1 is 0.964 bits per heavy atom. The first-order chi connectivity index (χ1) is 13.6. The fourth-order valence-corrected chi connectivity index (χ4v) is 3.37. The van der Waals surface area contributed by atoms with Gasteiger partial charge >= 0.3 is 0 Å². The van der Waals surface area contributed by atoms with Crippen molar-refractivity contribution in [2.75, 3.05) is 19.6 Å². The molecule has 0 aromatic heterocycles. The third-order valence-corrected chi connectivity index (χ3v) is 4.87. The van der Waals surface area contributed by atoms with E-state index in [0.717, 1.165) is 6.42 Å². The minimum atomic E-state index is -0.278. The maximum Gasteiger partial charge on any atom is 0.261 e. The third-order valence-electron chi connectivity index (χ3n) is 4.87. The molecule has 1 aliphatic heterocycles. The van der Waals surface area contributed by atoms with Crippen LogP contribution in [0, 0.1) is 0 Å². The Morgan fingerprint density at radius 2 is 1.57 bits per heavy atom. The molecule has 0 radical (unpaired) electrons. The highest BCUT2D eigenvalue weighted by molar-refractivity contribution is 6.21. The highest BCUT2D eigenvalue weighted by Crippen LogP contribution is 2.22. The maximum absolute atomic E-state index is 12.6. The lowest BCUT2D eigenvalue weighted by molar-refractivity contribution is -0.130. The van der Waals surface area contributed by atoms with E-state index in [2.05, 4.69) is 6.58 Å². The second kappa shape index (κ2) is 9.13. The molecule has 0 spiro atoms. The van der Waals surface area contributed by atoms with Crippen LogP contribution in [0.25, 0.3) is 0 Å². The van der Waals surface area contributed by atoms with Crippen LogP contribution in [0.3, 0.4) is 0 Å². The number of carbonyl (C=O) groups is 3. The summed E-state index contributed by atoms with van der Waals surface area (Å²) in [7, 11) is 0. The SMILES string of the molecule is C=CCN(CCc1ccccc1)C(=O)CCCN1C(=O)c2ccccc2C1=O. The van der Waals surface area contributed by atoms with Crippen molar-refractivity contribution < 1.29 is 14.4 Å². The predicted octanol–water partition coefficient (Wildman–Crippen LogP) is 3.32. The molecule has 144 valence electrons. The lowest BCUT2D eigenvalue weighted by atomic mass is 10.1. The summed E-state index contributed by atoms with van der Waals surface area (Å²) in [5.74, 6) is -0.549. The lowest BCUT2D eigenvalue weighted by Crippen LogP contribution is -2.35. The molecule has 0 atom stereocenters. The normalized spacial score (nSPS) is 12.8. The van der Waals surface area contributed by atoms with E-state index in [4.69, 9.17) is 0 Å². The van der Waals surface area contributed by atoms with Gasteiger partial charge < -0.3 is 4.90 Å². The summed E-state index contributed by atoms with van der Waals surface area (Å²) in [5, 5.41) is 0. The van der Waals surface area contributed by atoms with Crippen LogP contribution in [0.5, 0.6) is 0 Å². The lowest BCUT2D eigenvalue weighted by Gasteiger charge is -2.22. The summed E-state index contributed by atoms with van der Waals surface area (Å²) in [6, 6.07) is 16.8. The molecule has 0 aliphatic carbocycles.